The van der Waals surface area contributed by atoms with Crippen LogP contribution in [0.3, 0.4) is 0 Å². The van der Waals surface area contributed by atoms with Crippen molar-refractivity contribution in [3.8, 4) is 0 Å². The second-order valence-corrected chi connectivity index (χ2v) is 4.02. The molecule has 4 nitrogen and oxygen atoms in total. The quantitative estimate of drug-likeness (QED) is 0.754. The molecule has 18 heavy (non-hydrogen) atoms. The lowest BCUT2D eigenvalue weighted by Crippen LogP contribution is -2.41. The summed E-state index contributed by atoms with van der Waals surface area (Å²) in [5, 5.41) is 5.97. The Kier molecular flexibility index (Phi) is 8.46. The second kappa shape index (κ2) is 8.97. The van der Waals surface area contributed by atoms with Crippen molar-refractivity contribution in [3.05, 3.63) is 11.4 Å². The van der Waals surface area contributed by atoms with Crippen LogP contribution in [0, 0.1) is 0 Å². The highest BCUT2D eigenvalue weighted by Gasteiger charge is 2.33. The Morgan fingerprint density at radius 3 is 2.44 bits per heavy atom. The predicted molar refractivity (Wildman–Crippen MR) is 77.2 cm³/mol. The number of hydrogen-bond donors (Lipinski definition) is 2. The number of hydrogen-bond acceptors (Lipinski definition) is 3. The number of nitrogens with one attached hydrogen (secondary N) is 2. The first-order chi connectivity index (χ1) is 8.72. The molecule has 1 saturated heterocycles. The lowest BCUT2D eigenvalue weighted by atomic mass is 10.2. The van der Waals surface area contributed by atoms with Crippen LogP contribution in [0.2, 0.25) is 0 Å². The molecule has 1 amide bonds. The predicted octanol–water partition coefficient (Wildman–Crippen LogP) is 2.08. The van der Waals surface area contributed by atoms with Crippen molar-refractivity contribution in [2.45, 2.75) is 53.5 Å². The maximum absolute atomic E-state index is 11.8. The van der Waals surface area contributed by atoms with Gasteiger partial charge in [-0.3, -0.25) is 9.69 Å². The Labute approximate surface area is 112 Å². The lowest BCUT2D eigenvalue weighted by molar-refractivity contribution is -0.124. The number of fused-ring (bicyclic) bond motifs is 1. The van der Waals surface area contributed by atoms with Crippen molar-refractivity contribution in [1.29, 1.82) is 0 Å². The molecule has 0 radical (unpaired) electrons. The summed E-state index contributed by atoms with van der Waals surface area (Å²) in [5.41, 5.74) is 1.21. The topological polar surface area (TPSA) is 44.4 Å². The number of carbonyl (C=O) groups is 1. The smallest absolute Gasteiger partial charge is 0.242 e. The van der Waals surface area contributed by atoms with Gasteiger partial charge in [0.05, 0.1) is 6.04 Å². The van der Waals surface area contributed by atoms with E-state index >= 15 is 0 Å². The van der Waals surface area contributed by atoms with Crippen LogP contribution in [-0.4, -0.2) is 37.0 Å². The fourth-order valence-corrected chi connectivity index (χ4v) is 2.29. The van der Waals surface area contributed by atoms with E-state index in [-0.39, 0.29) is 11.9 Å². The molecule has 0 aliphatic carbocycles. The van der Waals surface area contributed by atoms with Crippen molar-refractivity contribution < 1.29 is 4.79 Å². The Morgan fingerprint density at radius 1 is 1.28 bits per heavy atom. The Bertz CT molecular complexity index is 287. The van der Waals surface area contributed by atoms with Gasteiger partial charge in [-0.05, 0) is 31.9 Å². The maximum Gasteiger partial charge on any atom is 0.242 e. The average Bonchev–Trinajstić information content (AvgIpc) is 2.84. The summed E-state index contributed by atoms with van der Waals surface area (Å²) in [6.07, 6.45) is 2.14. The van der Waals surface area contributed by atoms with Gasteiger partial charge in [-0.15, -0.1) is 0 Å². The molecule has 1 atom stereocenters. The fraction of sp³-hybridized carbons (Fsp3) is 0.786. The summed E-state index contributed by atoms with van der Waals surface area (Å²) in [6.45, 7) is 12.0. The standard InChI is InChI=1S/C10H17N3O.2C2H6/c1-7-6-13-5-3-4-8(13)10(14)12-9(7)11-2;2*1-2/h8,11H,3-6H2,1-2H3,(H,12,14);2*1-2H3. The maximum atomic E-state index is 11.8. The summed E-state index contributed by atoms with van der Waals surface area (Å²) in [4.78, 5) is 14.0. The highest BCUT2D eigenvalue weighted by atomic mass is 16.2. The summed E-state index contributed by atoms with van der Waals surface area (Å²) in [5.74, 6) is 1.02. The van der Waals surface area contributed by atoms with Crippen LogP contribution in [0.1, 0.15) is 47.5 Å². The summed E-state index contributed by atoms with van der Waals surface area (Å²) < 4.78 is 0. The molecule has 2 rings (SSSR count). The highest BCUT2D eigenvalue weighted by molar-refractivity contribution is 5.84. The molecule has 4 heteroatoms. The van der Waals surface area contributed by atoms with E-state index in [0.29, 0.717) is 0 Å². The highest BCUT2D eigenvalue weighted by Crippen LogP contribution is 2.21. The van der Waals surface area contributed by atoms with Gasteiger partial charge < -0.3 is 10.6 Å². The van der Waals surface area contributed by atoms with Crippen LogP contribution in [0.4, 0.5) is 0 Å². The van der Waals surface area contributed by atoms with Crippen LogP contribution in [-0.2, 0) is 4.79 Å². The zero-order valence-corrected chi connectivity index (χ0v) is 12.8. The van der Waals surface area contributed by atoms with Gasteiger partial charge in [0.2, 0.25) is 5.91 Å². The fourth-order valence-electron chi connectivity index (χ4n) is 2.29. The SMILES string of the molecule is CC.CC.CNC1=C(C)CN2CCCC2C(=O)N1. The monoisotopic (exact) mass is 255 g/mol. The molecule has 0 aromatic rings. The molecule has 0 aromatic heterocycles. The van der Waals surface area contributed by atoms with Gasteiger partial charge in [-0.2, -0.15) is 0 Å². The van der Waals surface area contributed by atoms with Crippen LogP contribution in [0.25, 0.3) is 0 Å². The van der Waals surface area contributed by atoms with Crippen molar-refractivity contribution in [1.82, 2.24) is 15.5 Å². The zero-order valence-electron chi connectivity index (χ0n) is 12.8. The van der Waals surface area contributed by atoms with E-state index in [4.69, 9.17) is 0 Å². The third kappa shape index (κ3) is 4.02. The van der Waals surface area contributed by atoms with Crippen LogP contribution in [0.5, 0.6) is 0 Å². The normalized spacial score (nSPS) is 22.8. The van der Waals surface area contributed by atoms with Gasteiger partial charge in [0.15, 0.2) is 0 Å². The van der Waals surface area contributed by atoms with E-state index in [1.807, 2.05) is 34.7 Å². The summed E-state index contributed by atoms with van der Waals surface area (Å²) in [7, 11) is 1.84. The van der Waals surface area contributed by atoms with E-state index in [0.717, 1.165) is 31.8 Å². The largest absolute Gasteiger partial charge is 0.375 e. The van der Waals surface area contributed by atoms with Crippen LogP contribution < -0.4 is 10.6 Å². The number of amides is 1. The van der Waals surface area contributed by atoms with E-state index < -0.39 is 0 Å². The minimum atomic E-state index is 0.0933. The van der Waals surface area contributed by atoms with Gasteiger partial charge in [0, 0.05) is 13.6 Å². The van der Waals surface area contributed by atoms with Crippen molar-refractivity contribution in [2.75, 3.05) is 20.1 Å². The molecule has 0 saturated carbocycles. The third-order valence-corrected chi connectivity index (χ3v) is 3.03. The molecule has 1 fully saturated rings. The molecule has 106 valence electrons. The molecule has 0 spiro atoms. The van der Waals surface area contributed by atoms with E-state index in [1.165, 1.54) is 5.57 Å². The third-order valence-electron chi connectivity index (χ3n) is 3.03. The van der Waals surface area contributed by atoms with Gasteiger partial charge in [-0.25, -0.2) is 0 Å². The Morgan fingerprint density at radius 2 is 1.89 bits per heavy atom. The molecule has 0 aromatic carbocycles. The number of nitrogens with zero attached hydrogens (tertiary/aromatic N) is 1. The van der Waals surface area contributed by atoms with Crippen LogP contribution in [0.15, 0.2) is 11.4 Å². The molecular weight excluding hydrogens is 226 g/mol. The second-order valence-electron chi connectivity index (χ2n) is 4.02. The first kappa shape index (κ1) is 17.0. The van der Waals surface area contributed by atoms with Crippen LogP contribution >= 0.6 is 0 Å². The Hall–Kier alpha value is -1.03. The summed E-state index contributed by atoms with van der Waals surface area (Å²) in [6, 6.07) is 0.0933. The van der Waals surface area contributed by atoms with E-state index in [1.54, 1.807) is 0 Å². The van der Waals surface area contributed by atoms with Gasteiger partial charge in [0.1, 0.15) is 5.82 Å². The first-order valence-corrected chi connectivity index (χ1v) is 7.15. The van der Waals surface area contributed by atoms with Gasteiger partial charge in [-0.1, -0.05) is 27.7 Å². The molecule has 2 N–H and O–H groups in total. The average molecular weight is 255 g/mol. The molecule has 1 unspecified atom stereocenters. The minimum Gasteiger partial charge on any atom is -0.375 e. The molecule has 2 heterocycles. The van der Waals surface area contributed by atoms with Crippen molar-refractivity contribution >= 4 is 5.91 Å². The molecule has 0 bridgehead atoms. The molecule has 2 aliphatic rings. The minimum absolute atomic E-state index is 0.0933. The van der Waals surface area contributed by atoms with Gasteiger partial charge in [0.25, 0.3) is 0 Å². The molecule has 2 aliphatic heterocycles. The summed E-state index contributed by atoms with van der Waals surface area (Å²) >= 11 is 0. The zero-order chi connectivity index (χ0) is 14.1. The lowest BCUT2D eigenvalue weighted by Gasteiger charge is -2.19. The number of carbonyl (C=O) groups excluding carboxylic acids is 1. The van der Waals surface area contributed by atoms with Crippen molar-refractivity contribution in [3.63, 3.8) is 0 Å². The van der Waals surface area contributed by atoms with E-state index in [2.05, 4.69) is 22.5 Å². The van der Waals surface area contributed by atoms with Crippen molar-refractivity contribution in [2.24, 2.45) is 0 Å². The van der Waals surface area contributed by atoms with Gasteiger partial charge >= 0.3 is 0 Å². The number of rotatable bonds is 1. The van der Waals surface area contributed by atoms with E-state index in [9.17, 15) is 4.79 Å². The first-order valence-electron chi connectivity index (χ1n) is 7.15. The Balaban J connectivity index is 0.000000659. The molecular formula is C14H29N3O.